The van der Waals surface area contributed by atoms with Crippen molar-refractivity contribution < 1.29 is 39.5 Å². The third-order valence-corrected chi connectivity index (χ3v) is 2.98. The van der Waals surface area contributed by atoms with E-state index in [4.69, 9.17) is 0 Å². The highest BCUT2D eigenvalue weighted by Crippen LogP contribution is 2.58. The fraction of sp³-hybridized carbons (Fsp3) is 0.455. The Morgan fingerprint density at radius 2 is 1.33 bits per heavy atom. The molecule has 0 amide bonds. The van der Waals surface area contributed by atoms with E-state index in [0.29, 0.717) is 0 Å². The average molecular weight is 388 g/mol. The molecule has 1 unspecified atom stereocenters. The van der Waals surface area contributed by atoms with Gasteiger partial charge in [0, 0.05) is 16.1 Å². The Morgan fingerprint density at radius 1 is 0.857 bits per heavy atom. The molecule has 1 aromatic rings. The maximum Gasteiger partial charge on any atom is 0.457 e. The quantitative estimate of drug-likeness (QED) is 0.589. The van der Waals surface area contributed by atoms with E-state index in [2.05, 4.69) is 22.0 Å². The SMILES string of the molecule is Cc1[c]c(Br)cc(C(F)(C(F)(F)F)C(F)(F)C(F)(F)F)c1. The van der Waals surface area contributed by atoms with Crippen molar-refractivity contribution in [3.8, 4) is 0 Å². The van der Waals surface area contributed by atoms with Crippen LogP contribution in [0.1, 0.15) is 11.1 Å². The second-order valence-corrected chi connectivity index (χ2v) is 4.98. The minimum absolute atomic E-state index is 0.181. The molecule has 1 rings (SSSR count). The maximum atomic E-state index is 14.0. The summed E-state index contributed by atoms with van der Waals surface area (Å²) in [5, 5.41) is 0. The van der Waals surface area contributed by atoms with Gasteiger partial charge >= 0.3 is 23.9 Å². The first kappa shape index (κ1) is 18.1. The molecule has 0 spiro atoms. The Balaban J connectivity index is 3.71. The van der Waals surface area contributed by atoms with Crippen LogP contribution in [-0.2, 0) is 5.67 Å². The Kier molecular flexibility index (Phi) is 4.37. The van der Waals surface area contributed by atoms with E-state index in [9.17, 15) is 39.5 Å². The molecule has 1 aromatic carbocycles. The van der Waals surface area contributed by atoms with Crippen LogP contribution in [0.15, 0.2) is 16.6 Å². The summed E-state index contributed by atoms with van der Waals surface area (Å²) in [7, 11) is 0. The Morgan fingerprint density at radius 3 is 1.67 bits per heavy atom. The Bertz CT molecular complexity index is 511. The maximum absolute atomic E-state index is 14.0. The van der Waals surface area contributed by atoms with Gasteiger partial charge in [0.1, 0.15) is 0 Å². The van der Waals surface area contributed by atoms with Crippen molar-refractivity contribution in [3.63, 3.8) is 0 Å². The van der Waals surface area contributed by atoms with E-state index in [1.807, 2.05) is 0 Å². The van der Waals surface area contributed by atoms with Gasteiger partial charge in [-0.1, -0.05) is 22.0 Å². The van der Waals surface area contributed by atoms with E-state index in [1.54, 1.807) is 0 Å². The molecular formula is C11H5BrF9. The van der Waals surface area contributed by atoms with E-state index in [1.165, 1.54) is 0 Å². The molecule has 10 heteroatoms. The van der Waals surface area contributed by atoms with Gasteiger partial charge in [-0.2, -0.15) is 35.1 Å². The first-order valence-electron chi connectivity index (χ1n) is 5.04. The molecule has 0 nitrogen and oxygen atoms in total. The Hall–Kier alpha value is -0.930. The van der Waals surface area contributed by atoms with Crippen LogP contribution < -0.4 is 0 Å². The van der Waals surface area contributed by atoms with Crippen LogP contribution >= 0.6 is 15.9 Å². The van der Waals surface area contributed by atoms with Gasteiger partial charge in [0.2, 0.25) is 0 Å². The number of hydrogen-bond donors (Lipinski definition) is 0. The summed E-state index contributed by atoms with van der Waals surface area (Å²) in [6.45, 7) is 1.07. The second kappa shape index (κ2) is 5.06. The number of aryl methyl sites for hydroxylation is 1. The summed E-state index contributed by atoms with van der Waals surface area (Å²) >= 11 is 2.57. The van der Waals surface area contributed by atoms with E-state index in [-0.39, 0.29) is 22.2 Å². The van der Waals surface area contributed by atoms with Gasteiger partial charge in [-0.3, -0.25) is 0 Å². The minimum atomic E-state index is -6.72. The number of halogens is 10. The summed E-state index contributed by atoms with van der Waals surface area (Å²) in [6, 6.07) is 2.70. The molecule has 0 aliphatic carbocycles. The van der Waals surface area contributed by atoms with Gasteiger partial charge in [-0.25, -0.2) is 4.39 Å². The molecule has 1 atom stereocenters. The van der Waals surface area contributed by atoms with Crippen LogP contribution in [0.2, 0.25) is 0 Å². The van der Waals surface area contributed by atoms with E-state index < -0.39 is 29.5 Å². The van der Waals surface area contributed by atoms with Crippen molar-refractivity contribution in [2.75, 3.05) is 0 Å². The van der Waals surface area contributed by atoms with Crippen molar-refractivity contribution in [1.29, 1.82) is 0 Å². The van der Waals surface area contributed by atoms with Gasteiger partial charge in [0.05, 0.1) is 0 Å². The highest BCUT2D eigenvalue weighted by Gasteiger charge is 2.81. The first-order valence-corrected chi connectivity index (χ1v) is 5.84. The summed E-state index contributed by atoms with van der Waals surface area (Å²) in [5.74, 6) is -6.66. The number of hydrogen-bond acceptors (Lipinski definition) is 0. The van der Waals surface area contributed by atoms with Gasteiger partial charge in [0.15, 0.2) is 0 Å². The molecule has 0 fully saturated rings. The molecule has 0 aliphatic heterocycles. The molecule has 0 bridgehead atoms. The lowest BCUT2D eigenvalue weighted by Crippen LogP contribution is -2.59. The molecule has 1 radical (unpaired) electrons. The third-order valence-electron chi connectivity index (χ3n) is 2.55. The van der Waals surface area contributed by atoms with Crippen LogP contribution in [0.5, 0.6) is 0 Å². The molecule has 21 heavy (non-hydrogen) atoms. The lowest BCUT2D eigenvalue weighted by Gasteiger charge is -2.36. The molecule has 0 aliphatic rings. The number of rotatable bonds is 2. The summed E-state index contributed by atoms with van der Waals surface area (Å²) in [4.78, 5) is 0. The molecule has 0 aromatic heterocycles. The average Bonchev–Trinajstić information content (AvgIpc) is 2.22. The monoisotopic (exact) mass is 387 g/mol. The number of alkyl halides is 9. The van der Waals surface area contributed by atoms with Crippen molar-refractivity contribution in [2.45, 2.75) is 30.9 Å². The van der Waals surface area contributed by atoms with Crippen molar-refractivity contribution in [2.24, 2.45) is 0 Å². The van der Waals surface area contributed by atoms with Crippen LogP contribution in [0.4, 0.5) is 39.5 Å². The Labute approximate surface area is 121 Å². The fourth-order valence-corrected chi connectivity index (χ4v) is 2.15. The minimum Gasteiger partial charge on any atom is -0.221 e. The molecular weight excluding hydrogens is 383 g/mol. The zero-order valence-electron chi connectivity index (χ0n) is 9.93. The van der Waals surface area contributed by atoms with Crippen LogP contribution in [0.25, 0.3) is 0 Å². The summed E-state index contributed by atoms with van der Waals surface area (Å²) in [5.41, 5.74) is -8.02. The van der Waals surface area contributed by atoms with Gasteiger partial charge in [-0.15, -0.1) is 0 Å². The van der Waals surface area contributed by atoms with E-state index in [0.717, 1.165) is 6.92 Å². The topological polar surface area (TPSA) is 0 Å². The molecule has 0 heterocycles. The van der Waals surface area contributed by atoms with Gasteiger partial charge < -0.3 is 0 Å². The second-order valence-electron chi connectivity index (χ2n) is 4.13. The van der Waals surface area contributed by atoms with Crippen molar-refractivity contribution >= 4 is 15.9 Å². The standard InChI is InChI=1S/C11H5BrF9/c1-5-2-6(4-7(12)3-5)8(13,10(16,17)18)9(14,15)11(19,20)21/h2,4H,1H3. The molecule has 0 saturated heterocycles. The zero-order chi connectivity index (χ0) is 16.9. The third kappa shape index (κ3) is 2.86. The fourth-order valence-electron chi connectivity index (χ4n) is 1.59. The van der Waals surface area contributed by atoms with Gasteiger partial charge in [0.25, 0.3) is 0 Å². The largest absolute Gasteiger partial charge is 0.457 e. The van der Waals surface area contributed by atoms with E-state index >= 15 is 0 Å². The lowest BCUT2D eigenvalue weighted by atomic mass is 9.87. The van der Waals surface area contributed by atoms with Crippen LogP contribution in [0, 0.1) is 13.0 Å². The molecule has 0 saturated carbocycles. The molecule has 119 valence electrons. The predicted molar refractivity (Wildman–Crippen MR) is 57.6 cm³/mol. The van der Waals surface area contributed by atoms with Crippen molar-refractivity contribution in [1.82, 2.24) is 0 Å². The van der Waals surface area contributed by atoms with Crippen molar-refractivity contribution in [3.05, 3.63) is 33.8 Å². The summed E-state index contributed by atoms with van der Waals surface area (Å²) in [6.07, 6.45) is -13.2. The highest BCUT2D eigenvalue weighted by atomic mass is 79.9. The lowest BCUT2D eigenvalue weighted by molar-refractivity contribution is -0.389. The normalized spacial score (nSPS) is 16.7. The highest BCUT2D eigenvalue weighted by molar-refractivity contribution is 9.10. The smallest absolute Gasteiger partial charge is 0.221 e. The van der Waals surface area contributed by atoms with Crippen LogP contribution in [-0.4, -0.2) is 18.3 Å². The molecule has 0 N–H and O–H groups in total. The summed E-state index contributed by atoms with van der Waals surface area (Å²) < 4.78 is 115. The zero-order valence-corrected chi connectivity index (χ0v) is 11.5. The predicted octanol–water partition coefficient (Wildman–Crippen LogP) is 5.48. The van der Waals surface area contributed by atoms with Crippen LogP contribution in [0.3, 0.4) is 0 Å². The first-order chi connectivity index (χ1) is 9.14. The number of benzene rings is 1. The van der Waals surface area contributed by atoms with Gasteiger partial charge in [-0.05, 0) is 18.6 Å².